The number of hydrogen-bond donors (Lipinski definition) is 0. The molecule has 132 valence electrons. The Labute approximate surface area is 157 Å². The summed E-state index contributed by atoms with van der Waals surface area (Å²) in [6.45, 7) is 4.41. The molecular weight excluding hydrogens is 332 g/mol. The van der Waals surface area contributed by atoms with Crippen LogP contribution in [0.1, 0.15) is 25.0 Å². The predicted molar refractivity (Wildman–Crippen MR) is 110 cm³/mol. The smallest absolute Gasteiger partial charge is 0.145 e. The fourth-order valence-electron chi connectivity index (χ4n) is 4.11. The van der Waals surface area contributed by atoms with E-state index < -0.39 is 0 Å². The molecule has 0 N–H and O–H groups in total. The molecule has 0 aliphatic heterocycles. The number of pyridine rings is 1. The minimum atomic E-state index is 0.954. The summed E-state index contributed by atoms with van der Waals surface area (Å²) in [5, 5.41) is 2.22. The van der Waals surface area contributed by atoms with Crippen molar-refractivity contribution in [2.24, 2.45) is 0 Å². The summed E-state index contributed by atoms with van der Waals surface area (Å²) in [7, 11) is 0. The Morgan fingerprint density at radius 1 is 0.815 bits per heavy atom. The van der Waals surface area contributed by atoms with Crippen LogP contribution in [-0.4, -0.2) is 19.4 Å². The number of aromatic nitrogens is 4. The van der Waals surface area contributed by atoms with E-state index in [4.69, 9.17) is 4.98 Å². The van der Waals surface area contributed by atoms with Gasteiger partial charge < -0.3 is 0 Å². The van der Waals surface area contributed by atoms with Gasteiger partial charge in [-0.15, -0.1) is 0 Å². The lowest BCUT2D eigenvalue weighted by atomic mass is 9.95. The van der Waals surface area contributed by atoms with Crippen molar-refractivity contribution in [3.05, 3.63) is 72.3 Å². The summed E-state index contributed by atoms with van der Waals surface area (Å²) in [5.41, 5.74) is 7.99. The summed E-state index contributed by atoms with van der Waals surface area (Å²) in [6.07, 6.45) is 7.49. The zero-order valence-corrected chi connectivity index (χ0v) is 15.5. The average Bonchev–Trinajstić information content (AvgIpc) is 3.18. The van der Waals surface area contributed by atoms with Crippen molar-refractivity contribution in [2.45, 2.75) is 26.7 Å². The standard InChI is InChI=1S/C23H20N4/c1-3-15-8-7-9-16(4-2)21(15)19-13-25-23-18-11-6-5-10-17(18)22-20(27(19)23)12-24-14-26-22/h5-14H,3-4H2,1-2H3. The molecule has 0 fully saturated rings. The average molecular weight is 352 g/mol. The van der Waals surface area contributed by atoms with Crippen molar-refractivity contribution in [1.82, 2.24) is 19.4 Å². The van der Waals surface area contributed by atoms with Crippen LogP contribution in [0.25, 0.3) is 38.7 Å². The number of aryl methyl sites for hydroxylation is 2. The molecule has 4 heteroatoms. The highest BCUT2D eigenvalue weighted by Gasteiger charge is 2.18. The fourth-order valence-corrected chi connectivity index (χ4v) is 4.11. The van der Waals surface area contributed by atoms with Gasteiger partial charge in [0.2, 0.25) is 0 Å². The molecule has 0 spiro atoms. The van der Waals surface area contributed by atoms with Crippen molar-refractivity contribution >= 4 is 27.5 Å². The third kappa shape index (κ3) is 2.26. The summed E-state index contributed by atoms with van der Waals surface area (Å²) >= 11 is 0. The van der Waals surface area contributed by atoms with Crippen LogP contribution in [0.3, 0.4) is 0 Å². The van der Waals surface area contributed by atoms with Crippen LogP contribution in [-0.2, 0) is 12.8 Å². The van der Waals surface area contributed by atoms with E-state index in [0.717, 1.165) is 46.0 Å². The first kappa shape index (κ1) is 15.9. The van der Waals surface area contributed by atoms with Gasteiger partial charge in [0.25, 0.3) is 0 Å². The van der Waals surface area contributed by atoms with Crippen LogP contribution in [0.15, 0.2) is 61.2 Å². The number of rotatable bonds is 3. The SMILES string of the molecule is CCc1cccc(CC)c1-c1cnc2c3ccccc3c3ncncc3n12. The van der Waals surface area contributed by atoms with E-state index in [1.54, 1.807) is 6.33 Å². The van der Waals surface area contributed by atoms with Gasteiger partial charge in [-0.2, -0.15) is 0 Å². The van der Waals surface area contributed by atoms with E-state index >= 15 is 0 Å². The highest BCUT2D eigenvalue weighted by molar-refractivity contribution is 6.10. The third-order valence-electron chi connectivity index (χ3n) is 5.37. The van der Waals surface area contributed by atoms with Crippen LogP contribution < -0.4 is 0 Å². The van der Waals surface area contributed by atoms with Crippen molar-refractivity contribution in [1.29, 1.82) is 0 Å². The van der Waals surface area contributed by atoms with Gasteiger partial charge in [-0.1, -0.05) is 56.3 Å². The number of hydrogen-bond acceptors (Lipinski definition) is 3. The van der Waals surface area contributed by atoms with Gasteiger partial charge in [0.15, 0.2) is 0 Å². The van der Waals surface area contributed by atoms with Gasteiger partial charge in [-0.3, -0.25) is 4.40 Å². The van der Waals surface area contributed by atoms with Crippen LogP contribution in [0.4, 0.5) is 0 Å². The van der Waals surface area contributed by atoms with Crippen molar-refractivity contribution in [3.63, 3.8) is 0 Å². The molecule has 0 unspecified atom stereocenters. The largest absolute Gasteiger partial charge is 0.289 e. The van der Waals surface area contributed by atoms with Crippen molar-refractivity contribution in [2.75, 3.05) is 0 Å². The lowest BCUT2D eigenvalue weighted by molar-refractivity contribution is 1.08. The maximum Gasteiger partial charge on any atom is 0.145 e. The molecule has 27 heavy (non-hydrogen) atoms. The molecular formula is C23H20N4. The van der Waals surface area contributed by atoms with Gasteiger partial charge in [-0.25, -0.2) is 15.0 Å². The van der Waals surface area contributed by atoms with Crippen LogP contribution in [0.5, 0.6) is 0 Å². The van der Waals surface area contributed by atoms with Crippen LogP contribution >= 0.6 is 0 Å². The van der Waals surface area contributed by atoms with E-state index in [2.05, 4.69) is 64.6 Å². The molecule has 0 atom stereocenters. The first-order valence-corrected chi connectivity index (χ1v) is 9.42. The highest BCUT2D eigenvalue weighted by Crippen LogP contribution is 2.34. The zero-order chi connectivity index (χ0) is 18.4. The zero-order valence-electron chi connectivity index (χ0n) is 15.5. The maximum atomic E-state index is 4.83. The summed E-state index contributed by atoms with van der Waals surface area (Å²) < 4.78 is 2.23. The molecule has 3 heterocycles. The third-order valence-corrected chi connectivity index (χ3v) is 5.37. The van der Waals surface area contributed by atoms with Gasteiger partial charge >= 0.3 is 0 Å². The van der Waals surface area contributed by atoms with Crippen molar-refractivity contribution < 1.29 is 0 Å². The second-order valence-corrected chi connectivity index (χ2v) is 6.76. The van der Waals surface area contributed by atoms with E-state index in [0.29, 0.717) is 0 Å². The molecule has 0 saturated carbocycles. The molecule has 0 aliphatic rings. The predicted octanol–water partition coefficient (Wildman–Crippen LogP) is 5.22. The Morgan fingerprint density at radius 3 is 2.30 bits per heavy atom. The second-order valence-electron chi connectivity index (χ2n) is 6.76. The van der Waals surface area contributed by atoms with Gasteiger partial charge in [0.1, 0.15) is 12.0 Å². The van der Waals surface area contributed by atoms with Gasteiger partial charge in [0, 0.05) is 16.3 Å². The molecule has 3 aromatic heterocycles. The van der Waals surface area contributed by atoms with E-state index in [-0.39, 0.29) is 0 Å². The van der Waals surface area contributed by atoms with Gasteiger partial charge in [0.05, 0.1) is 29.1 Å². The topological polar surface area (TPSA) is 43.1 Å². The molecule has 0 amide bonds. The summed E-state index contributed by atoms with van der Waals surface area (Å²) in [4.78, 5) is 13.7. The first-order valence-electron chi connectivity index (χ1n) is 9.42. The normalized spacial score (nSPS) is 11.6. The Hall–Kier alpha value is -3.27. The summed E-state index contributed by atoms with van der Waals surface area (Å²) in [6, 6.07) is 14.9. The summed E-state index contributed by atoms with van der Waals surface area (Å²) in [5.74, 6) is 0. The number of fused-ring (bicyclic) bond motifs is 6. The van der Waals surface area contributed by atoms with Gasteiger partial charge in [-0.05, 0) is 24.0 Å². The van der Waals surface area contributed by atoms with E-state index in [1.165, 1.54) is 16.7 Å². The molecule has 4 nitrogen and oxygen atoms in total. The quantitative estimate of drug-likeness (QED) is 0.418. The highest BCUT2D eigenvalue weighted by atomic mass is 15.0. The minimum absolute atomic E-state index is 0.954. The molecule has 0 saturated heterocycles. The van der Waals surface area contributed by atoms with Crippen molar-refractivity contribution in [3.8, 4) is 11.3 Å². The second kappa shape index (κ2) is 6.16. The molecule has 0 aliphatic carbocycles. The van der Waals surface area contributed by atoms with E-state index in [9.17, 15) is 0 Å². The lowest BCUT2D eigenvalue weighted by Gasteiger charge is -2.15. The van der Waals surface area contributed by atoms with E-state index in [1.807, 2.05) is 18.5 Å². The Balaban J connectivity index is 2.01. The Kier molecular flexibility index (Phi) is 3.64. The molecule has 0 bridgehead atoms. The first-order chi connectivity index (χ1) is 13.3. The number of nitrogens with zero attached hydrogens (tertiary/aromatic N) is 4. The number of benzene rings is 2. The molecule has 2 aromatic carbocycles. The lowest BCUT2D eigenvalue weighted by Crippen LogP contribution is -2.00. The fraction of sp³-hybridized carbons (Fsp3) is 0.174. The molecule has 5 rings (SSSR count). The maximum absolute atomic E-state index is 4.83. The minimum Gasteiger partial charge on any atom is -0.289 e. The van der Waals surface area contributed by atoms with Crippen LogP contribution in [0.2, 0.25) is 0 Å². The van der Waals surface area contributed by atoms with Crippen LogP contribution in [0, 0.1) is 0 Å². The number of imidazole rings is 1. The molecule has 5 aromatic rings. The Bertz CT molecular complexity index is 1280. The Morgan fingerprint density at radius 2 is 1.56 bits per heavy atom. The monoisotopic (exact) mass is 352 g/mol. The molecule has 0 radical (unpaired) electrons.